The minimum absolute atomic E-state index is 0.0797. The maximum Gasteiger partial charge on any atom is 0.319 e. The van der Waals surface area contributed by atoms with Crippen LogP contribution in [0.2, 0.25) is 0 Å². The van der Waals surface area contributed by atoms with Crippen molar-refractivity contribution < 1.29 is 19.0 Å². The molecule has 0 saturated carbocycles. The first-order chi connectivity index (χ1) is 7.63. The fraction of sp³-hybridized carbons (Fsp3) is 0.364. The van der Waals surface area contributed by atoms with Crippen molar-refractivity contribution in [1.29, 1.82) is 0 Å². The SMILES string of the molecule is CCOC(=O)CNCc1ccc(O)c(F)c1. The molecule has 0 unspecified atom stereocenters. The van der Waals surface area contributed by atoms with E-state index in [0.29, 0.717) is 18.7 Å². The van der Waals surface area contributed by atoms with Gasteiger partial charge in [-0.25, -0.2) is 4.39 Å². The van der Waals surface area contributed by atoms with Gasteiger partial charge in [-0.3, -0.25) is 4.79 Å². The third-order valence-corrected chi connectivity index (χ3v) is 1.92. The van der Waals surface area contributed by atoms with Crippen molar-refractivity contribution in [3.05, 3.63) is 29.6 Å². The van der Waals surface area contributed by atoms with Gasteiger partial charge in [-0.05, 0) is 24.6 Å². The van der Waals surface area contributed by atoms with Gasteiger partial charge in [-0.1, -0.05) is 6.07 Å². The molecule has 0 spiro atoms. The summed E-state index contributed by atoms with van der Waals surface area (Å²) in [6, 6.07) is 4.07. The Labute approximate surface area is 93.0 Å². The van der Waals surface area contributed by atoms with Crippen LogP contribution in [0.5, 0.6) is 5.75 Å². The lowest BCUT2D eigenvalue weighted by atomic mass is 10.2. The standard InChI is InChI=1S/C11H14FNO3/c1-2-16-11(15)7-13-6-8-3-4-10(14)9(12)5-8/h3-5,13-14H,2,6-7H2,1H3. The number of carbonyl (C=O) groups excluding carboxylic acids is 1. The molecule has 0 aliphatic carbocycles. The van der Waals surface area contributed by atoms with Crippen LogP contribution in [0.3, 0.4) is 0 Å². The van der Waals surface area contributed by atoms with Crippen molar-refractivity contribution in [3.63, 3.8) is 0 Å². The predicted molar refractivity (Wildman–Crippen MR) is 56.4 cm³/mol. The van der Waals surface area contributed by atoms with Crippen LogP contribution < -0.4 is 5.32 Å². The van der Waals surface area contributed by atoms with Crippen LogP contribution in [-0.4, -0.2) is 24.2 Å². The Kier molecular flexibility index (Phi) is 4.72. The number of ether oxygens (including phenoxy) is 1. The molecule has 0 atom stereocenters. The molecule has 88 valence electrons. The molecule has 0 aliphatic heterocycles. The van der Waals surface area contributed by atoms with Gasteiger partial charge in [-0.2, -0.15) is 0 Å². The lowest BCUT2D eigenvalue weighted by Gasteiger charge is -2.05. The van der Waals surface area contributed by atoms with Crippen LogP contribution in [0.1, 0.15) is 12.5 Å². The first-order valence-electron chi connectivity index (χ1n) is 4.97. The van der Waals surface area contributed by atoms with Gasteiger partial charge < -0.3 is 15.2 Å². The molecule has 2 N–H and O–H groups in total. The third-order valence-electron chi connectivity index (χ3n) is 1.92. The average Bonchev–Trinajstić information content (AvgIpc) is 2.24. The van der Waals surface area contributed by atoms with Crippen LogP contribution in [0.15, 0.2) is 18.2 Å². The molecule has 0 saturated heterocycles. The summed E-state index contributed by atoms with van der Waals surface area (Å²) in [5.74, 6) is -1.40. The second kappa shape index (κ2) is 6.07. The summed E-state index contributed by atoms with van der Waals surface area (Å²) in [6.45, 7) is 2.49. The maximum atomic E-state index is 12.9. The van der Waals surface area contributed by atoms with Crippen molar-refractivity contribution in [2.75, 3.05) is 13.2 Å². The van der Waals surface area contributed by atoms with E-state index in [1.54, 1.807) is 13.0 Å². The summed E-state index contributed by atoms with van der Waals surface area (Å²) in [5, 5.41) is 11.8. The molecule has 0 fully saturated rings. The number of carbonyl (C=O) groups is 1. The topological polar surface area (TPSA) is 58.6 Å². The second-order valence-electron chi connectivity index (χ2n) is 3.19. The van der Waals surface area contributed by atoms with E-state index in [1.165, 1.54) is 12.1 Å². The minimum atomic E-state index is -0.671. The largest absolute Gasteiger partial charge is 0.505 e. The van der Waals surface area contributed by atoms with Crippen LogP contribution >= 0.6 is 0 Å². The van der Waals surface area contributed by atoms with Crippen LogP contribution in [-0.2, 0) is 16.1 Å². The molecular formula is C11H14FNO3. The lowest BCUT2D eigenvalue weighted by Crippen LogP contribution is -2.24. The van der Waals surface area contributed by atoms with Crippen molar-refractivity contribution in [2.24, 2.45) is 0 Å². The Hall–Kier alpha value is -1.62. The Morgan fingerprint density at radius 3 is 2.94 bits per heavy atom. The smallest absolute Gasteiger partial charge is 0.319 e. The highest BCUT2D eigenvalue weighted by Gasteiger charge is 2.03. The summed E-state index contributed by atoms with van der Waals surface area (Å²) in [5.41, 5.74) is 0.652. The average molecular weight is 227 g/mol. The van der Waals surface area contributed by atoms with Gasteiger partial charge in [0.15, 0.2) is 11.6 Å². The normalized spacial score (nSPS) is 10.1. The van der Waals surface area contributed by atoms with E-state index >= 15 is 0 Å². The Morgan fingerprint density at radius 1 is 1.56 bits per heavy atom. The second-order valence-corrected chi connectivity index (χ2v) is 3.19. The summed E-state index contributed by atoms with van der Waals surface area (Å²) in [7, 11) is 0. The minimum Gasteiger partial charge on any atom is -0.505 e. The summed E-state index contributed by atoms with van der Waals surface area (Å²) in [4.78, 5) is 11.0. The van der Waals surface area contributed by atoms with E-state index in [2.05, 4.69) is 5.32 Å². The zero-order valence-electron chi connectivity index (χ0n) is 9.00. The zero-order chi connectivity index (χ0) is 12.0. The van der Waals surface area contributed by atoms with Crippen LogP contribution in [0.4, 0.5) is 4.39 Å². The van der Waals surface area contributed by atoms with E-state index in [-0.39, 0.29) is 18.3 Å². The molecule has 0 aromatic heterocycles. The fourth-order valence-corrected chi connectivity index (χ4v) is 1.18. The van der Waals surface area contributed by atoms with Gasteiger partial charge in [0.2, 0.25) is 0 Å². The monoisotopic (exact) mass is 227 g/mol. The molecule has 1 aromatic carbocycles. The van der Waals surface area contributed by atoms with Crippen molar-refractivity contribution in [3.8, 4) is 5.75 Å². The van der Waals surface area contributed by atoms with E-state index in [1.807, 2.05) is 0 Å². The first-order valence-corrected chi connectivity index (χ1v) is 4.97. The van der Waals surface area contributed by atoms with Crippen molar-refractivity contribution >= 4 is 5.97 Å². The molecule has 4 nitrogen and oxygen atoms in total. The quantitative estimate of drug-likeness (QED) is 0.742. The Morgan fingerprint density at radius 2 is 2.31 bits per heavy atom. The maximum absolute atomic E-state index is 12.9. The highest BCUT2D eigenvalue weighted by Crippen LogP contribution is 2.15. The molecule has 0 bridgehead atoms. The summed E-state index contributed by atoms with van der Waals surface area (Å²) >= 11 is 0. The Balaban J connectivity index is 2.37. The van der Waals surface area contributed by atoms with Gasteiger partial charge >= 0.3 is 5.97 Å². The number of rotatable bonds is 5. The number of esters is 1. The number of nitrogens with one attached hydrogen (secondary N) is 1. The van der Waals surface area contributed by atoms with Gasteiger partial charge in [0.05, 0.1) is 13.2 Å². The number of benzene rings is 1. The molecule has 0 radical (unpaired) electrons. The predicted octanol–water partition coefficient (Wildman–Crippen LogP) is 1.18. The number of halogens is 1. The number of phenols is 1. The van der Waals surface area contributed by atoms with E-state index in [0.717, 1.165) is 0 Å². The number of aromatic hydroxyl groups is 1. The van der Waals surface area contributed by atoms with Gasteiger partial charge in [0.1, 0.15) is 0 Å². The molecule has 0 aliphatic rings. The molecule has 0 amide bonds. The van der Waals surface area contributed by atoms with E-state index < -0.39 is 5.82 Å². The molecule has 1 aromatic rings. The molecule has 16 heavy (non-hydrogen) atoms. The van der Waals surface area contributed by atoms with Crippen molar-refractivity contribution in [1.82, 2.24) is 5.32 Å². The highest BCUT2D eigenvalue weighted by atomic mass is 19.1. The third kappa shape index (κ3) is 3.86. The lowest BCUT2D eigenvalue weighted by molar-refractivity contribution is -0.142. The van der Waals surface area contributed by atoms with E-state index in [9.17, 15) is 9.18 Å². The molecule has 1 rings (SSSR count). The number of hydrogen-bond donors (Lipinski definition) is 2. The van der Waals surface area contributed by atoms with Crippen LogP contribution in [0, 0.1) is 5.82 Å². The summed E-state index contributed by atoms with van der Waals surface area (Å²) in [6.07, 6.45) is 0. The fourth-order valence-electron chi connectivity index (χ4n) is 1.18. The Bertz CT molecular complexity index is 368. The van der Waals surface area contributed by atoms with Gasteiger partial charge in [0.25, 0.3) is 0 Å². The molecular weight excluding hydrogens is 213 g/mol. The van der Waals surface area contributed by atoms with E-state index in [4.69, 9.17) is 9.84 Å². The van der Waals surface area contributed by atoms with Gasteiger partial charge in [-0.15, -0.1) is 0 Å². The number of hydrogen-bond acceptors (Lipinski definition) is 4. The first kappa shape index (κ1) is 12.4. The number of phenolic OH excluding ortho intramolecular Hbond substituents is 1. The zero-order valence-corrected chi connectivity index (χ0v) is 9.00. The summed E-state index contributed by atoms with van der Waals surface area (Å²) < 4.78 is 17.6. The van der Waals surface area contributed by atoms with Gasteiger partial charge in [0, 0.05) is 6.54 Å². The highest BCUT2D eigenvalue weighted by molar-refractivity contribution is 5.71. The van der Waals surface area contributed by atoms with Crippen molar-refractivity contribution in [2.45, 2.75) is 13.5 Å². The van der Waals surface area contributed by atoms with Crippen LogP contribution in [0.25, 0.3) is 0 Å². The molecule has 5 heteroatoms. The molecule has 0 heterocycles.